The maximum absolute atomic E-state index is 11.1. The molecule has 1 heterocycles. The number of hydrogen-bond acceptors (Lipinski definition) is 4. The predicted molar refractivity (Wildman–Crippen MR) is 43.6 cm³/mol. The van der Waals surface area contributed by atoms with Crippen molar-refractivity contribution in [3.8, 4) is 0 Å². The third-order valence-corrected chi connectivity index (χ3v) is 2.37. The maximum atomic E-state index is 11.1. The number of carbonyl (C=O) groups excluding carboxylic acids is 1. The van der Waals surface area contributed by atoms with Gasteiger partial charge in [0.1, 0.15) is 6.04 Å². The summed E-state index contributed by atoms with van der Waals surface area (Å²) in [5.41, 5.74) is 0. The average molecular weight is 173 g/mol. The van der Waals surface area contributed by atoms with Gasteiger partial charge in [0.05, 0.1) is 7.11 Å². The third-order valence-electron chi connectivity index (χ3n) is 2.37. The minimum atomic E-state index is -0.201. The van der Waals surface area contributed by atoms with E-state index < -0.39 is 0 Å². The second-order valence-corrected chi connectivity index (χ2v) is 3.26. The highest BCUT2D eigenvalue weighted by Gasteiger charge is 2.34. The van der Waals surface area contributed by atoms with E-state index in [1.807, 2.05) is 11.9 Å². The molecular formula is C8H15NO3. The van der Waals surface area contributed by atoms with Crippen molar-refractivity contribution < 1.29 is 14.6 Å². The molecule has 1 aliphatic heterocycles. The minimum absolute atomic E-state index is 0.151. The van der Waals surface area contributed by atoms with Gasteiger partial charge < -0.3 is 9.84 Å². The molecule has 4 heteroatoms. The van der Waals surface area contributed by atoms with Crippen molar-refractivity contribution in [3.05, 3.63) is 0 Å². The average Bonchev–Trinajstić information content (AvgIpc) is 2.45. The van der Waals surface area contributed by atoms with Gasteiger partial charge in [0.2, 0.25) is 0 Å². The largest absolute Gasteiger partial charge is 0.468 e. The lowest BCUT2D eigenvalue weighted by molar-refractivity contribution is -0.145. The Morgan fingerprint density at radius 3 is 2.83 bits per heavy atom. The van der Waals surface area contributed by atoms with Crippen molar-refractivity contribution in [2.24, 2.45) is 5.92 Å². The molecule has 0 bridgehead atoms. The van der Waals surface area contributed by atoms with Crippen LogP contribution in [0, 0.1) is 5.92 Å². The zero-order chi connectivity index (χ0) is 9.14. The number of hydrogen-bond donors (Lipinski definition) is 1. The normalized spacial score (nSPS) is 30.6. The Kier molecular flexibility index (Phi) is 3.05. The topological polar surface area (TPSA) is 49.8 Å². The summed E-state index contributed by atoms with van der Waals surface area (Å²) < 4.78 is 4.64. The first-order valence-electron chi connectivity index (χ1n) is 4.08. The monoisotopic (exact) mass is 173 g/mol. The minimum Gasteiger partial charge on any atom is -0.468 e. The first kappa shape index (κ1) is 9.48. The van der Waals surface area contributed by atoms with E-state index in [1.54, 1.807) is 0 Å². The third kappa shape index (κ3) is 1.76. The van der Waals surface area contributed by atoms with E-state index in [9.17, 15) is 4.79 Å². The molecule has 0 unspecified atom stereocenters. The Hall–Kier alpha value is -0.610. The smallest absolute Gasteiger partial charge is 0.323 e. The van der Waals surface area contributed by atoms with E-state index in [0.29, 0.717) is 6.42 Å². The number of aliphatic hydroxyl groups excluding tert-OH is 1. The number of methoxy groups -OCH3 is 1. The van der Waals surface area contributed by atoms with Gasteiger partial charge in [-0.25, -0.2) is 0 Å². The lowest BCUT2D eigenvalue weighted by Crippen LogP contribution is -2.33. The summed E-state index contributed by atoms with van der Waals surface area (Å²) in [6.45, 7) is 0.925. The van der Waals surface area contributed by atoms with Gasteiger partial charge in [-0.1, -0.05) is 0 Å². The number of carbonyl (C=O) groups is 1. The van der Waals surface area contributed by atoms with Gasteiger partial charge in [0, 0.05) is 13.2 Å². The Bertz CT molecular complexity index is 172. The Balaban J connectivity index is 2.51. The van der Waals surface area contributed by atoms with Crippen molar-refractivity contribution in [1.82, 2.24) is 4.90 Å². The van der Waals surface area contributed by atoms with Crippen LogP contribution < -0.4 is 0 Å². The van der Waals surface area contributed by atoms with Gasteiger partial charge in [-0.15, -0.1) is 0 Å². The van der Waals surface area contributed by atoms with E-state index in [2.05, 4.69) is 4.74 Å². The molecule has 1 rings (SSSR count). The molecule has 0 aliphatic carbocycles. The zero-order valence-corrected chi connectivity index (χ0v) is 7.49. The number of ether oxygens (including phenoxy) is 1. The summed E-state index contributed by atoms with van der Waals surface area (Å²) in [5, 5.41) is 8.88. The van der Waals surface area contributed by atoms with E-state index in [-0.39, 0.29) is 24.5 Å². The highest BCUT2D eigenvalue weighted by atomic mass is 16.5. The van der Waals surface area contributed by atoms with Gasteiger partial charge in [0.15, 0.2) is 0 Å². The van der Waals surface area contributed by atoms with Gasteiger partial charge in [-0.05, 0) is 19.4 Å². The molecule has 0 saturated carbocycles. The van der Waals surface area contributed by atoms with Crippen molar-refractivity contribution in [3.63, 3.8) is 0 Å². The number of rotatable bonds is 2. The highest BCUT2D eigenvalue weighted by molar-refractivity contribution is 5.76. The standard InChI is InChI=1S/C8H15NO3/c1-9-4-6(5-10)3-7(9)8(11)12-2/h6-7,10H,3-5H2,1-2H3/t6-,7-/m0/s1. The van der Waals surface area contributed by atoms with Crippen LogP contribution >= 0.6 is 0 Å². The van der Waals surface area contributed by atoms with Crippen LogP contribution in [0.25, 0.3) is 0 Å². The fourth-order valence-electron chi connectivity index (χ4n) is 1.65. The Morgan fingerprint density at radius 2 is 2.42 bits per heavy atom. The maximum Gasteiger partial charge on any atom is 0.323 e. The molecule has 0 aromatic carbocycles. The van der Waals surface area contributed by atoms with Crippen LogP contribution in [0.2, 0.25) is 0 Å². The molecule has 2 atom stereocenters. The summed E-state index contributed by atoms with van der Waals surface area (Å²) in [7, 11) is 3.26. The van der Waals surface area contributed by atoms with E-state index in [0.717, 1.165) is 6.54 Å². The van der Waals surface area contributed by atoms with Gasteiger partial charge >= 0.3 is 5.97 Å². The van der Waals surface area contributed by atoms with Crippen LogP contribution in [0.4, 0.5) is 0 Å². The molecule has 0 aromatic heterocycles. The number of aliphatic hydroxyl groups is 1. The number of likely N-dealkylation sites (tertiary alicyclic amines) is 1. The molecule has 12 heavy (non-hydrogen) atoms. The lowest BCUT2D eigenvalue weighted by atomic mass is 10.1. The number of esters is 1. The molecule has 1 saturated heterocycles. The van der Waals surface area contributed by atoms with Gasteiger partial charge in [-0.3, -0.25) is 9.69 Å². The molecule has 0 aromatic rings. The first-order chi connectivity index (χ1) is 5.69. The Labute approximate surface area is 72.1 Å². The van der Waals surface area contributed by atoms with Crippen molar-refractivity contribution in [2.75, 3.05) is 27.3 Å². The fourth-order valence-corrected chi connectivity index (χ4v) is 1.65. The van der Waals surface area contributed by atoms with Crippen LogP contribution in [0.3, 0.4) is 0 Å². The van der Waals surface area contributed by atoms with Crippen LogP contribution in [0.1, 0.15) is 6.42 Å². The first-order valence-corrected chi connectivity index (χ1v) is 4.08. The summed E-state index contributed by atoms with van der Waals surface area (Å²) in [5.74, 6) is 0.0209. The van der Waals surface area contributed by atoms with Gasteiger partial charge in [-0.2, -0.15) is 0 Å². The van der Waals surface area contributed by atoms with Crippen molar-refractivity contribution in [2.45, 2.75) is 12.5 Å². The quantitative estimate of drug-likeness (QED) is 0.570. The molecular weight excluding hydrogens is 158 g/mol. The highest BCUT2D eigenvalue weighted by Crippen LogP contribution is 2.21. The molecule has 70 valence electrons. The molecule has 1 aliphatic rings. The second kappa shape index (κ2) is 3.87. The van der Waals surface area contributed by atoms with Crippen LogP contribution in [-0.2, 0) is 9.53 Å². The summed E-state index contributed by atoms with van der Waals surface area (Å²) in [6.07, 6.45) is 0.708. The van der Waals surface area contributed by atoms with Crippen LogP contribution in [-0.4, -0.2) is 49.3 Å². The Morgan fingerprint density at radius 1 is 1.75 bits per heavy atom. The molecule has 4 nitrogen and oxygen atoms in total. The fraction of sp³-hybridized carbons (Fsp3) is 0.875. The van der Waals surface area contributed by atoms with Crippen LogP contribution in [0.15, 0.2) is 0 Å². The zero-order valence-electron chi connectivity index (χ0n) is 7.49. The van der Waals surface area contributed by atoms with E-state index in [1.165, 1.54) is 7.11 Å². The SMILES string of the molecule is COC(=O)[C@@H]1C[C@H](CO)CN1C. The summed E-state index contributed by atoms with van der Waals surface area (Å²) >= 11 is 0. The van der Waals surface area contributed by atoms with E-state index >= 15 is 0 Å². The lowest BCUT2D eigenvalue weighted by Gasteiger charge is -2.15. The van der Waals surface area contributed by atoms with Crippen molar-refractivity contribution >= 4 is 5.97 Å². The van der Waals surface area contributed by atoms with Gasteiger partial charge in [0.25, 0.3) is 0 Å². The summed E-state index contributed by atoms with van der Waals surface area (Å²) in [6, 6.07) is -0.160. The van der Waals surface area contributed by atoms with Crippen LogP contribution in [0.5, 0.6) is 0 Å². The number of likely N-dealkylation sites (N-methyl/N-ethyl adjacent to an activating group) is 1. The molecule has 0 amide bonds. The molecule has 0 spiro atoms. The predicted octanol–water partition coefficient (Wildman–Crippen LogP) is -0.528. The molecule has 1 fully saturated rings. The molecule has 0 radical (unpaired) electrons. The van der Waals surface area contributed by atoms with E-state index in [4.69, 9.17) is 5.11 Å². The number of nitrogens with zero attached hydrogens (tertiary/aromatic N) is 1. The molecule has 1 N–H and O–H groups in total. The second-order valence-electron chi connectivity index (χ2n) is 3.26. The van der Waals surface area contributed by atoms with Crippen molar-refractivity contribution in [1.29, 1.82) is 0 Å². The summed E-state index contributed by atoms with van der Waals surface area (Å²) in [4.78, 5) is 13.1.